The van der Waals surface area contributed by atoms with Crippen molar-refractivity contribution in [3.8, 4) is 0 Å². The maximum absolute atomic E-state index is 13.1. The highest BCUT2D eigenvalue weighted by molar-refractivity contribution is 6.02. The first-order valence-corrected chi connectivity index (χ1v) is 11.6. The maximum atomic E-state index is 13.1. The molecule has 4 aliphatic carbocycles. The molecule has 3 fully saturated rings. The fourth-order valence-electron chi connectivity index (χ4n) is 6.45. The highest BCUT2D eigenvalue weighted by atomic mass is 16.2. The van der Waals surface area contributed by atoms with Crippen molar-refractivity contribution in [1.82, 2.24) is 10.6 Å². The van der Waals surface area contributed by atoms with Gasteiger partial charge in [0.1, 0.15) is 5.66 Å². The van der Waals surface area contributed by atoms with E-state index >= 15 is 0 Å². The molecule has 0 aromatic heterocycles. The molecule has 3 saturated carbocycles. The lowest BCUT2D eigenvalue weighted by molar-refractivity contribution is -0.139. The quantitative estimate of drug-likeness (QED) is 0.649. The van der Waals surface area contributed by atoms with Crippen LogP contribution in [0, 0.1) is 17.3 Å². The second-order valence-corrected chi connectivity index (χ2v) is 10.1. The summed E-state index contributed by atoms with van der Waals surface area (Å²) in [4.78, 5) is 25.9. The largest absolute Gasteiger partial charge is 0.362 e. The van der Waals surface area contributed by atoms with Crippen LogP contribution in [0.5, 0.6) is 0 Å². The van der Waals surface area contributed by atoms with Gasteiger partial charge in [-0.05, 0) is 75.3 Å². The number of carbonyl (C=O) groups is 2. The second kappa shape index (κ2) is 7.44. The molecule has 2 amide bonds. The first kappa shape index (κ1) is 19.7. The summed E-state index contributed by atoms with van der Waals surface area (Å²) in [6.45, 7) is 2.99. The number of amides is 2. The zero-order valence-corrected chi connectivity index (χ0v) is 17.9. The lowest BCUT2D eigenvalue weighted by atomic mass is 9.51. The number of para-hydroxylation sites is 1. The van der Waals surface area contributed by atoms with Crippen LogP contribution in [0.3, 0.4) is 0 Å². The summed E-state index contributed by atoms with van der Waals surface area (Å²) in [5.41, 5.74) is 2.60. The molecule has 2 bridgehead atoms. The second-order valence-electron chi connectivity index (χ2n) is 10.1. The van der Waals surface area contributed by atoms with E-state index in [0.29, 0.717) is 5.56 Å². The molecule has 1 aliphatic heterocycles. The van der Waals surface area contributed by atoms with Gasteiger partial charge in [-0.15, -0.1) is 0 Å². The minimum absolute atomic E-state index is 0.00209. The molecule has 1 spiro atoms. The Hall–Kier alpha value is -2.30. The van der Waals surface area contributed by atoms with Gasteiger partial charge in [0, 0.05) is 24.1 Å². The molecule has 5 aliphatic rings. The molecule has 4 atom stereocenters. The lowest BCUT2D eigenvalue weighted by Crippen LogP contribution is -2.70. The van der Waals surface area contributed by atoms with Gasteiger partial charge in [-0.25, -0.2) is 0 Å². The summed E-state index contributed by atoms with van der Waals surface area (Å²) in [5, 5.41) is 10.2. The average molecular weight is 408 g/mol. The summed E-state index contributed by atoms with van der Waals surface area (Å²) in [5.74, 6) is 0.504. The van der Waals surface area contributed by atoms with E-state index < -0.39 is 5.66 Å². The number of hydrogen-bond acceptors (Lipinski definition) is 3. The number of nitrogens with one attached hydrogen (secondary N) is 3. The van der Waals surface area contributed by atoms with Crippen LogP contribution in [0.25, 0.3) is 0 Å². The molecule has 0 unspecified atom stereocenters. The zero-order chi connectivity index (χ0) is 20.8. The van der Waals surface area contributed by atoms with Gasteiger partial charge >= 0.3 is 0 Å². The molecule has 0 radical (unpaired) electrons. The fraction of sp³-hybridized carbons (Fsp3) is 0.600. The van der Waals surface area contributed by atoms with E-state index in [1.165, 1.54) is 31.3 Å². The van der Waals surface area contributed by atoms with Gasteiger partial charge in [-0.3, -0.25) is 9.59 Å². The minimum Gasteiger partial charge on any atom is -0.362 e. The van der Waals surface area contributed by atoms with E-state index in [4.69, 9.17) is 0 Å². The molecule has 160 valence electrons. The molecular formula is C25H33N3O2. The first-order valence-electron chi connectivity index (χ1n) is 11.6. The van der Waals surface area contributed by atoms with Crippen LogP contribution in [-0.2, 0) is 4.79 Å². The number of carbonyl (C=O) groups excluding carboxylic acids is 2. The fourth-order valence-corrected chi connectivity index (χ4v) is 6.45. The van der Waals surface area contributed by atoms with Crippen LogP contribution in [-0.4, -0.2) is 24.0 Å². The van der Waals surface area contributed by atoms with E-state index in [1.54, 1.807) is 0 Å². The van der Waals surface area contributed by atoms with Crippen molar-refractivity contribution in [1.29, 1.82) is 0 Å². The average Bonchev–Trinajstić information content (AvgIpc) is 2.74. The minimum atomic E-state index is -0.428. The predicted octanol–water partition coefficient (Wildman–Crippen LogP) is 4.37. The summed E-state index contributed by atoms with van der Waals surface area (Å²) in [6, 6.07) is 7.73. The third-order valence-corrected chi connectivity index (χ3v) is 8.12. The van der Waals surface area contributed by atoms with Crippen molar-refractivity contribution in [3.05, 3.63) is 41.5 Å². The van der Waals surface area contributed by atoms with Gasteiger partial charge in [0.15, 0.2) is 0 Å². The van der Waals surface area contributed by atoms with E-state index in [0.717, 1.165) is 44.3 Å². The Morgan fingerprint density at radius 1 is 1.23 bits per heavy atom. The van der Waals surface area contributed by atoms with Crippen LogP contribution in [0.4, 0.5) is 5.69 Å². The number of anilines is 1. The highest BCUT2D eigenvalue weighted by Crippen LogP contribution is 2.58. The Morgan fingerprint density at radius 2 is 2.10 bits per heavy atom. The molecule has 30 heavy (non-hydrogen) atoms. The van der Waals surface area contributed by atoms with E-state index in [1.807, 2.05) is 24.3 Å². The number of allylic oxidation sites excluding steroid dienone is 1. The molecule has 1 aromatic carbocycles. The number of rotatable bonds is 4. The molecule has 0 saturated heterocycles. The van der Waals surface area contributed by atoms with E-state index in [2.05, 4.69) is 29.0 Å². The van der Waals surface area contributed by atoms with Crippen LogP contribution in [0.2, 0.25) is 0 Å². The van der Waals surface area contributed by atoms with E-state index in [-0.39, 0.29) is 29.1 Å². The summed E-state index contributed by atoms with van der Waals surface area (Å²) in [6.07, 6.45) is 12.0. The van der Waals surface area contributed by atoms with Crippen molar-refractivity contribution < 1.29 is 9.59 Å². The smallest absolute Gasteiger partial charge is 0.255 e. The normalized spacial score (nSPS) is 34.6. The van der Waals surface area contributed by atoms with E-state index in [9.17, 15) is 9.59 Å². The number of hydrogen-bond donors (Lipinski definition) is 3. The Morgan fingerprint density at radius 3 is 2.90 bits per heavy atom. The monoisotopic (exact) mass is 407 g/mol. The van der Waals surface area contributed by atoms with Crippen LogP contribution < -0.4 is 16.0 Å². The Bertz CT molecular complexity index is 894. The number of benzene rings is 1. The zero-order valence-electron chi connectivity index (χ0n) is 17.9. The maximum Gasteiger partial charge on any atom is 0.255 e. The molecule has 6 rings (SSSR count). The third-order valence-electron chi connectivity index (χ3n) is 8.12. The van der Waals surface area contributed by atoms with Crippen LogP contribution in [0.15, 0.2) is 35.9 Å². The third kappa shape index (κ3) is 3.32. The van der Waals surface area contributed by atoms with Gasteiger partial charge in [-0.1, -0.05) is 30.7 Å². The van der Waals surface area contributed by atoms with Gasteiger partial charge < -0.3 is 16.0 Å². The molecular weight excluding hydrogens is 374 g/mol. The lowest BCUT2D eigenvalue weighted by Gasteiger charge is -2.60. The predicted molar refractivity (Wildman–Crippen MR) is 118 cm³/mol. The van der Waals surface area contributed by atoms with Crippen molar-refractivity contribution >= 4 is 17.5 Å². The number of fused-ring (bicyclic) bond motifs is 3. The van der Waals surface area contributed by atoms with Crippen LogP contribution in [0.1, 0.15) is 75.1 Å². The van der Waals surface area contributed by atoms with Gasteiger partial charge in [0.05, 0.1) is 5.56 Å². The van der Waals surface area contributed by atoms with Gasteiger partial charge in [0.25, 0.3) is 5.91 Å². The molecule has 3 N–H and O–H groups in total. The highest BCUT2D eigenvalue weighted by Gasteiger charge is 2.60. The van der Waals surface area contributed by atoms with Crippen molar-refractivity contribution in [3.63, 3.8) is 0 Å². The SMILES string of the molecule is C[C@]12CC[C@@H](C[C@@H]1C(=O)NCCC1=CCCCC1)[C@]1(C2)NC(=O)c2ccccc2N1. The first-order chi connectivity index (χ1) is 14.5. The van der Waals surface area contributed by atoms with Crippen molar-refractivity contribution in [2.45, 2.75) is 70.4 Å². The Labute approximate surface area is 179 Å². The molecule has 1 aromatic rings. The topological polar surface area (TPSA) is 70.2 Å². The van der Waals surface area contributed by atoms with Gasteiger partial charge in [0.2, 0.25) is 5.91 Å². The summed E-state index contributed by atoms with van der Waals surface area (Å²) < 4.78 is 0. The Balaban J connectivity index is 1.27. The van der Waals surface area contributed by atoms with Crippen LogP contribution >= 0.6 is 0 Å². The molecule has 5 nitrogen and oxygen atoms in total. The van der Waals surface area contributed by atoms with Gasteiger partial charge in [-0.2, -0.15) is 0 Å². The van der Waals surface area contributed by atoms with Crippen molar-refractivity contribution in [2.75, 3.05) is 11.9 Å². The standard InChI is InChI=1S/C25H33N3O2/c1-24-13-11-18(15-20(24)23(30)26-14-12-17-7-3-2-4-8-17)25(16-24)27-21-10-6-5-9-19(21)22(29)28-25/h5-7,9-10,18,20,27H,2-4,8,11-16H2,1H3,(H,26,30)(H,28,29)/t18-,20+,24+,25-/m0/s1. The van der Waals surface area contributed by atoms with Crippen molar-refractivity contribution in [2.24, 2.45) is 17.3 Å². The summed E-state index contributed by atoms with van der Waals surface area (Å²) in [7, 11) is 0. The molecule has 5 heteroatoms. The summed E-state index contributed by atoms with van der Waals surface area (Å²) >= 11 is 0. The molecule has 1 heterocycles. The Kier molecular flexibility index (Phi) is 4.87.